The Bertz CT molecular complexity index is 933. The van der Waals surface area contributed by atoms with Gasteiger partial charge in [0, 0.05) is 12.2 Å². The van der Waals surface area contributed by atoms with E-state index in [4.69, 9.17) is 16.3 Å². The quantitative estimate of drug-likeness (QED) is 0.665. The minimum Gasteiger partial charge on any atom is -0.497 e. The fourth-order valence-corrected chi connectivity index (χ4v) is 2.43. The third-order valence-corrected chi connectivity index (χ3v) is 4.00. The molecule has 0 aliphatic carbocycles. The van der Waals surface area contributed by atoms with Crippen LogP contribution in [0.25, 0.3) is 0 Å². The van der Waals surface area contributed by atoms with Gasteiger partial charge in [0.15, 0.2) is 5.69 Å². The van der Waals surface area contributed by atoms with Gasteiger partial charge in [0.05, 0.1) is 12.1 Å². The summed E-state index contributed by atoms with van der Waals surface area (Å²) >= 11 is 5.70. The van der Waals surface area contributed by atoms with Gasteiger partial charge in [-0.15, -0.1) is 10.2 Å². The third kappa shape index (κ3) is 4.92. The summed E-state index contributed by atoms with van der Waals surface area (Å²) in [6, 6.07) is 14.7. The summed E-state index contributed by atoms with van der Waals surface area (Å²) in [7, 11) is 1.62. The molecule has 138 valence electrons. The van der Waals surface area contributed by atoms with Gasteiger partial charge in [0.25, 0.3) is 5.91 Å². The maximum atomic E-state index is 13.2. The van der Waals surface area contributed by atoms with E-state index in [1.807, 2.05) is 24.3 Å². The van der Waals surface area contributed by atoms with Crippen LogP contribution in [-0.4, -0.2) is 23.2 Å². The van der Waals surface area contributed by atoms with E-state index in [1.165, 1.54) is 18.2 Å². The maximum absolute atomic E-state index is 13.2. The minimum atomic E-state index is -0.554. The largest absolute Gasteiger partial charge is 0.497 e. The molecule has 1 heterocycles. The van der Waals surface area contributed by atoms with Crippen LogP contribution in [0.3, 0.4) is 0 Å². The van der Waals surface area contributed by atoms with Crippen LogP contribution in [0.5, 0.6) is 5.75 Å². The number of halogens is 2. The number of carbonyl (C=O) groups is 1. The van der Waals surface area contributed by atoms with Crippen molar-refractivity contribution >= 4 is 29.0 Å². The number of anilines is 2. The fourth-order valence-electron chi connectivity index (χ4n) is 2.25. The molecule has 0 aliphatic rings. The number of methoxy groups -OCH3 is 1. The molecule has 1 amide bonds. The van der Waals surface area contributed by atoms with E-state index in [0.717, 1.165) is 11.3 Å². The molecular formula is C19H16ClFN4O2. The Hall–Kier alpha value is -3.19. The summed E-state index contributed by atoms with van der Waals surface area (Å²) in [6.45, 7) is 0.554. The molecular weight excluding hydrogens is 371 g/mol. The Morgan fingerprint density at radius 2 is 1.89 bits per heavy atom. The predicted octanol–water partition coefficient (Wildman–Crippen LogP) is 4.14. The standard InChI is InChI=1S/C19H16ClFN4O2/c1-27-14-5-2-12(3-6-14)11-22-18-9-8-17(24-25-18)19(26)23-13-4-7-16(21)15(20)10-13/h2-10H,11H2,1H3,(H,22,25)(H,23,26). The van der Waals surface area contributed by atoms with Gasteiger partial charge in [0.1, 0.15) is 17.4 Å². The Labute approximate surface area is 160 Å². The number of carbonyl (C=O) groups excluding carboxylic acids is 1. The highest BCUT2D eigenvalue weighted by Gasteiger charge is 2.10. The predicted molar refractivity (Wildman–Crippen MR) is 102 cm³/mol. The van der Waals surface area contributed by atoms with Gasteiger partial charge in [-0.1, -0.05) is 23.7 Å². The van der Waals surface area contributed by atoms with E-state index in [1.54, 1.807) is 19.2 Å². The number of nitrogens with one attached hydrogen (secondary N) is 2. The summed E-state index contributed by atoms with van der Waals surface area (Å²) in [4.78, 5) is 12.2. The second kappa shape index (κ2) is 8.46. The first-order valence-electron chi connectivity index (χ1n) is 8.02. The van der Waals surface area contributed by atoms with Crippen LogP contribution in [0.4, 0.5) is 15.9 Å². The minimum absolute atomic E-state index is 0.0723. The molecule has 0 saturated carbocycles. The van der Waals surface area contributed by atoms with Gasteiger partial charge >= 0.3 is 0 Å². The highest BCUT2D eigenvalue weighted by atomic mass is 35.5. The third-order valence-electron chi connectivity index (χ3n) is 3.71. The number of ether oxygens (including phenoxy) is 1. The van der Waals surface area contributed by atoms with Crippen molar-refractivity contribution in [2.75, 3.05) is 17.7 Å². The van der Waals surface area contributed by atoms with Crippen LogP contribution in [-0.2, 0) is 6.54 Å². The number of nitrogens with zero attached hydrogens (tertiary/aromatic N) is 2. The second-order valence-electron chi connectivity index (χ2n) is 5.59. The molecule has 27 heavy (non-hydrogen) atoms. The molecule has 3 rings (SSSR count). The Balaban J connectivity index is 1.58. The van der Waals surface area contributed by atoms with Gasteiger partial charge in [-0.05, 0) is 48.0 Å². The zero-order chi connectivity index (χ0) is 19.2. The number of hydrogen-bond donors (Lipinski definition) is 2. The molecule has 0 atom stereocenters. The molecule has 0 fully saturated rings. The lowest BCUT2D eigenvalue weighted by molar-refractivity contribution is 0.102. The monoisotopic (exact) mass is 386 g/mol. The molecule has 8 heteroatoms. The molecule has 0 saturated heterocycles. The highest BCUT2D eigenvalue weighted by Crippen LogP contribution is 2.20. The zero-order valence-corrected chi connectivity index (χ0v) is 15.1. The lowest BCUT2D eigenvalue weighted by atomic mass is 10.2. The molecule has 0 bridgehead atoms. The summed E-state index contributed by atoms with van der Waals surface area (Å²) in [6.07, 6.45) is 0. The van der Waals surface area contributed by atoms with Crippen LogP contribution in [0.2, 0.25) is 5.02 Å². The molecule has 2 N–H and O–H groups in total. The molecule has 0 spiro atoms. The highest BCUT2D eigenvalue weighted by molar-refractivity contribution is 6.31. The summed E-state index contributed by atoms with van der Waals surface area (Å²) in [5, 5.41) is 13.5. The lowest BCUT2D eigenvalue weighted by Crippen LogP contribution is -2.15. The lowest BCUT2D eigenvalue weighted by Gasteiger charge is -2.08. The van der Waals surface area contributed by atoms with Crippen LogP contribution >= 0.6 is 11.6 Å². The average molecular weight is 387 g/mol. The Morgan fingerprint density at radius 3 is 2.52 bits per heavy atom. The van der Waals surface area contributed by atoms with E-state index in [9.17, 15) is 9.18 Å². The molecule has 0 aliphatic heterocycles. The molecule has 1 aromatic heterocycles. The second-order valence-corrected chi connectivity index (χ2v) is 6.00. The van der Waals surface area contributed by atoms with Crippen molar-refractivity contribution < 1.29 is 13.9 Å². The molecule has 0 unspecified atom stereocenters. The number of amides is 1. The average Bonchev–Trinajstić information content (AvgIpc) is 2.70. The van der Waals surface area contributed by atoms with E-state index in [2.05, 4.69) is 20.8 Å². The maximum Gasteiger partial charge on any atom is 0.276 e. The van der Waals surface area contributed by atoms with E-state index in [-0.39, 0.29) is 10.7 Å². The first-order valence-corrected chi connectivity index (χ1v) is 8.40. The van der Waals surface area contributed by atoms with Crippen molar-refractivity contribution in [2.24, 2.45) is 0 Å². The van der Waals surface area contributed by atoms with E-state index in [0.29, 0.717) is 18.1 Å². The van der Waals surface area contributed by atoms with Gasteiger partial charge in [-0.25, -0.2) is 4.39 Å². The number of hydrogen-bond acceptors (Lipinski definition) is 5. The van der Waals surface area contributed by atoms with Crippen LogP contribution in [0.1, 0.15) is 16.1 Å². The summed E-state index contributed by atoms with van der Waals surface area (Å²) in [5.74, 6) is 0.303. The van der Waals surface area contributed by atoms with Gasteiger partial charge in [-0.2, -0.15) is 0 Å². The van der Waals surface area contributed by atoms with Crippen molar-refractivity contribution in [1.29, 1.82) is 0 Å². The molecule has 6 nitrogen and oxygen atoms in total. The van der Waals surface area contributed by atoms with Crippen LogP contribution < -0.4 is 15.4 Å². The van der Waals surface area contributed by atoms with Gasteiger partial charge < -0.3 is 15.4 Å². The SMILES string of the molecule is COc1ccc(CNc2ccc(C(=O)Nc3ccc(F)c(Cl)c3)nn2)cc1. The first kappa shape index (κ1) is 18.6. The first-order chi connectivity index (χ1) is 13.0. The smallest absolute Gasteiger partial charge is 0.276 e. The number of benzene rings is 2. The van der Waals surface area contributed by atoms with E-state index >= 15 is 0 Å². The van der Waals surface area contributed by atoms with Crippen LogP contribution in [0.15, 0.2) is 54.6 Å². The summed E-state index contributed by atoms with van der Waals surface area (Å²) in [5.41, 5.74) is 1.55. The molecule has 2 aromatic carbocycles. The van der Waals surface area contributed by atoms with Crippen molar-refractivity contribution in [2.45, 2.75) is 6.54 Å². The fraction of sp³-hybridized carbons (Fsp3) is 0.105. The molecule has 0 radical (unpaired) electrons. The van der Waals surface area contributed by atoms with Crippen LogP contribution in [0, 0.1) is 5.82 Å². The van der Waals surface area contributed by atoms with Crippen molar-refractivity contribution in [1.82, 2.24) is 10.2 Å². The normalized spacial score (nSPS) is 10.3. The summed E-state index contributed by atoms with van der Waals surface area (Å²) < 4.78 is 18.3. The van der Waals surface area contributed by atoms with Crippen molar-refractivity contribution in [3.8, 4) is 5.75 Å². The number of aromatic nitrogens is 2. The van der Waals surface area contributed by atoms with E-state index < -0.39 is 11.7 Å². The Morgan fingerprint density at radius 1 is 1.11 bits per heavy atom. The Kier molecular flexibility index (Phi) is 5.83. The van der Waals surface area contributed by atoms with Crippen molar-refractivity contribution in [3.05, 3.63) is 76.7 Å². The van der Waals surface area contributed by atoms with Crippen molar-refractivity contribution in [3.63, 3.8) is 0 Å². The molecule has 3 aromatic rings. The number of rotatable bonds is 6. The zero-order valence-electron chi connectivity index (χ0n) is 14.4. The topological polar surface area (TPSA) is 76.1 Å². The van der Waals surface area contributed by atoms with Gasteiger partial charge in [-0.3, -0.25) is 4.79 Å². The van der Waals surface area contributed by atoms with Gasteiger partial charge in [0.2, 0.25) is 0 Å².